The number of amides is 1. The molecule has 18 heavy (non-hydrogen) atoms. The van der Waals surface area contributed by atoms with Crippen LogP contribution in [0.5, 0.6) is 0 Å². The van der Waals surface area contributed by atoms with Crippen LogP contribution in [0.2, 0.25) is 0 Å². The van der Waals surface area contributed by atoms with Gasteiger partial charge in [0.15, 0.2) is 17.2 Å². The molecule has 0 bridgehead atoms. The van der Waals surface area contributed by atoms with E-state index in [1.54, 1.807) is 0 Å². The number of aliphatic hydroxyl groups is 1. The van der Waals surface area contributed by atoms with E-state index in [0.29, 0.717) is 17.9 Å². The Balaban J connectivity index is 2.19. The molecule has 1 heterocycles. The molecule has 98 valence electrons. The van der Waals surface area contributed by atoms with Gasteiger partial charge in [-0.05, 0) is 12.2 Å². The summed E-state index contributed by atoms with van der Waals surface area (Å²) in [6.07, 6.45) is 0.245. The summed E-state index contributed by atoms with van der Waals surface area (Å²) in [6.45, 7) is 0. The molecule has 1 aromatic carbocycles. The van der Waals surface area contributed by atoms with E-state index in [1.807, 2.05) is 0 Å². The number of thioether (sulfide) groups is 1. The number of anilines is 1. The number of hydrogen-bond donors (Lipinski definition) is 2. The molecule has 0 saturated carbocycles. The lowest BCUT2D eigenvalue weighted by Crippen LogP contribution is -2.43. The number of rotatable bonds is 2. The van der Waals surface area contributed by atoms with E-state index < -0.39 is 34.6 Å². The summed E-state index contributed by atoms with van der Waals surface area (Å²) < 4.78 is 38.9. The van der Waals surface area contributed by atoms with Crippen molar-refractivity contribution in [2.24, 2.45) is 0 Å². The zero-order valence-electron chi connectivity index (χ0n) is 9.17. The first-order chi connectivity index (χ1) is 8.42. The molecule has 1 aromatic rings. The fourth-order valence-electron chi connectivity index (χ4n) is 1.59. The summed E-state index contributed by atoms with van der Waals surface area (Å²) in [7, 11) is 0. The zero-order chi connectivity index (χ0) is 13.3. The van der Waals surface area contributed by atoms with Gasteiger partial charge in [-0.1, -0.05) is 0 Å². The topological polar surface area (TPSA) is 49.3 Å². The minimum absolute atomic E-state index is 0.199. The highest BCUT2D eigenvalue weighted by atomic mass is 32.2. The molecule has 3 nitrogen and oxygen atoms in total. The van der Waals surface area contributed by atoms with E-state index in [1.165, 1.54) is 11.8 Å². The van der Waals surface area contributed by atoms with Crippen LogP contribution in [0.25, 0.3) is 0 Å². The van der Waals surface area contributed by atoms with Crippen molar-refractivity contribution in [2.75, 3.05) is 16.8 Å². The van der Waals surface area contributed by atoms with Gasteiger partial charge in [-0.2, -0.15) is 11.8 Å². The fraction of sp³-hybridized carbons (Fsp3) is 0.364. The number of benzene rings is 1. The predicted octanol–water partition coefficient (Wildman–Crippen LogP) is 1.91. The molecule has 2 rings (SSSR count). The van der Waals surface area contributed by atoms with Crippen LogP contribution < -0.4 is 5.32 Å². The summed E-state index contributed by atoms with van der Waals surface area (Å²) in [5.41, 5.74) is -2.06. The highest BCUT2D eigenvalue weighted by Gasteiger charge is 2.39. The third kappa shape index (κ3) is 2.46. The fourth-order valence-corrected chi connectivity index (χ4v) is 2.83. The Kier molecular flexibility index (Phi) is 3.54. The minimum Gasteiger partial charge on any atom is -0.379 e. The standard InChI is InChI=1S/C11H10F3NO2S/c12-6-3-8(14)9(4-7(6)13)15-10(16)11(17)1-2-18-5-11/h3-4,17H,1-2,5H2,(H,15,16). The van der Waals surface area contributed by atoms with Crippen molar-refractivity contribution in [1.82, 2.24) is 0 Å². The van der Waals surface area contributed by atoms with Crippen molar-refractivity contribution in [2.45, 2.75) is 12.0 Å². The van der Waals surface area contributed by atoms with Gasteiger partial charge < -0.3 is 10.4 Å². The average molecular weight is 277 g/mol. The van der Waals surface area contributed by atoms with Gasteiger partial charge in [0.05, 0.1) is 5.69 Å². The maximum absolute atomic E-state index is 13.3. The first-order valence-electron chi connectivity index (χ1n) is 5.18. The van der Waals surface area contributed by atoms with Crippen LogP contribution in [0.1, 0.15) is 6.42 Å². The van der Waals surface area contributed by atoms with Gasteiger partial charge in [0, 0.05) is 17.9 Å². The monoisotopic (exact) mass is 277 g/mol. The molecular formula is C11H10F3NO2S. The number of hydrogen-bond acceptors (Lipinski definition) is 3. The molecule has 1 fully saturated rings. The van der Waals surface area contributed by atoms with E-state index in [4.69, 9.17) is 0 Å². The van der Waals surface area contributed by atoms with Gasteiger partial charge in [0.2, 0.25) is 0 Å². The second kappa shape index (κ2) is 4.81. The lowest BCUT2D eigenvalue weighted by molar-refractivity contribution is -0.131. The number of halogens is 3. The lowest BCUT2D eigenvalue weighted by Gasteiger charge is -2.20. The van der Waals surface area contributed by atoms with Crippen molar-refractivity contribution in [1.29, 1.82) is 0 Å². The molecule has 1 unspecified atom stereocenters. The Hall–Kier alpha value is -1.21. The van der Waals surface area contributed by atoms with Crippen molar-refractivity contribution in [3.8, 4) is 0 Å². The van der Waals surface area contributed by atoms with Gasteiger partial charge in [-0.15, -0.1) is 0 Å². The van der Waals surface area contributed by atoms with Gasteiger partial charge in [-0.25, -0.2) is 13.2 Å². The average Bonchev–Trinajstić information content (AvgIpc) is 2.74. The smallest absolute Gasteiger partial charge is 0.257 e. The number of nitrogens with one attached hydrogen (secondary N) is 1. The molecule has 1 aliphatic heterocycles. The maximum Gasteiger partial charge on any atom is 0.257 e. The summed E-state index contributed by atoms with van der Waals surface area (Å²) in [5, 5.41) is 12.0. The first-order valence-corrected chi connectivity index (χ1v) is 6.34. The third-order valence-electron chi connectivity index (χ3n) is 2.68. The SMILES string of the molecule is O=C(Nc1cc(F)c(F)cc1F)C1(O)CCSC1. The van der Waals surface area contributed by atoms with Crippen molar-refractivity contribution < 1.29 is 23.1 Å². The molecule has 1 aliphatic rings. The normalized spacial score (nSPS) is 23.1. The predicted molar refractivity (Wildman–Crippen MR) is 61.8 cm³/mol. The van der Waals surface area contributed by atoms with E-state index in [9.17, 15) is 23.1 Å². The molecule has 7 heteroatoms. The number of carbonyl (C=O) groups excluding carboxylic acids is 1. The molecule has 0 radical (unpaired) electrons. The second-order valence-electron chi connectivity index (χ2n) is 4.03. The minimum atomic E-state index is -1.58. The zero-order valence-corrected chi connectivity index (χ0v) is 9.99. The van der Waals surface area contributed by atoms with E-state index in [-0.39, 0.29) is 12.2 Å². The molecule has 2 N–H and O–H groups in total. The Morgan fingerprint density at radius 1 is 1.28 bits per heavy atom. The lowest BCUT2D eigenvalue weighted by atomic mass is 10.0. The summed E-state index contributed by atoms with van der Waals surface area (Å²) in [4.78, 5) is 11.7. The molecule has 1 amide bonds. The van der Waals surface area contributed by atoms with Crippen LogP contribution in [0.3, 0.4) is 0 Å². The van der Waals surface area contributed by atoms with Crippen LogP contribution in [0.15, 0.2) is 12.1 Å². The summed E-state index contributed by atoms with van der Waals surface area (Å²) in [5.74, 6) is -3.68. The molecule has 1 atom stereocenters. The third-order valence-corrected chi connectivity index (χ3v) is 3.86. The van der Waals surface area contributed by atoms with Crippen LogP contribution in [0, 0.1) is 17.5 Å². The molecule has 0 spiro atoms. The Morgan fingerprint density at radius 2 is 1.94 bits per heavy atom. The van der Waals surface area contributed by atoms with Gasteiger partial charge in [-0.3, -0.25) is 4.79 Å². The molecule has 0 aromatic heterocycles. The summed E-state index contributed by atoms with van der Waals surface area (Å²) >= 11 is 1.39. The van der Waals surface area contributed by atoms with Crippen molar-refractivity contribution in [3.63, 3.8) is 0 Å². The molecule has 1 saturated heterocycles. The highest BCUT2D eigenvalue weighted by molar-refractivity contribution is 7.99. The number of carbonyl (C=O) groups is 1. The van der Waals surface area contributed by atoms with Crippen molar-refractivity contribution >= 4 is 23.4 Å². The highest BCUT2D eigenvalue weighted by Crippen LogP contribution is 2.29. The summed E-state index contributed by atoms with van der Waals surface area (Å²) in [6, 6.07) is 0.895. The quantitative estimate of drug-likeness (QED) is 0.812. The van der Waals surface area contributed by atoms with Gasteiger partial charge >= 0.3 is 0 Å². The Bertz CT molecular complexity index is 489. The second-order valence-corrected chi connectivity index (χ2v) is 5.14. The molecular weight excluding hydrogens is 267 g/mol. The van der Waals surface area contributed by atoms with Crippen molar-refractivity contribution in [3.05, 3.63) is 29.6 Å². The molecule has 0 aliphatic carbocycles. The van der Waals surface area contributed by atoms with Gasteiger partial charge in [0.25, 0.3) is 5.91 Å². The van der Waals surface area contributed by atoms with Crippen LogP contribution in [-0.4, -0.2) is 28.1 Å². The Morgan fingerprint density at radius 3 is 2.56 bits per heavy atom. The van der Waals surface area contributed by atoms with Crippen LogP contribution >= 0.6 is 11.8 Å². The van der Waals surface area contributed by atoms with Crippen LogP contribution in [0.4, 0.5) is 18.9 Å². The first kappa shape index (κ1) is 13.2. The van der Waals surface area contributed by atoms with Crippen LogP contribution in [-0.2, 0) is 4.79 Å². The van der Waals surface area contributed by atoms with Gasteiger partial charge in [0.1, 0.15) is 5.82 Å². The Labute approximate surface area is 105 Å². The largest absolute Gasteiger partial charge is 0.379 e. The van der Waals surface area contributed by atoms with E-state index >= 15 is 0 Å². The maximum atomic E-state index is 13.3. The van der Waals surface area contributed by atoms with E-state index in [0.717, 1.165) is 0 Å². The van der Waals surface area contributed by atoms with E-state index in [2.05, 4.69) is 5.32 Å².